The Morgan fingerprint density at radius 3 is 2.59 bits per heavy atom. The largest absolute Gasteiger partial charge is 0.493 e. The molecule has 0 bridgehead atoms. The molecule has 0 aliphatic rings. The molecule has 1 amide bonds. The fourth-order valence-corrected chi connectivity index (χ4v) is 4.00. The Balaban J connectivity index is 1.75. The fourth-order valence-electron chi connectivity index (χ4n) is 3.18. The molecule has 0 unspecified atom stereocenters. The van der Waals surface area contributed by atoms with Gasteiger partial charge in [0.1, 0.15) is 5.01 Å². The topological polar surface area (TPSA) is 60.5 Å². The number of amides is 1. The van der Waals surface area contributed by atoms with Gasteiger partial charge in [-0.2, -0.15) is 0 Å². The van der Waals surface area contributed by atoms with Crippen molar-refractivity contribution in [1.29, 1.82) is 0 Å². The van der Waals surface area contributed by atoms with Crippen LogP contribution in [0.4, 0.5) is 5.69 Å². The summed E-state index contributed by atoms with van der Waals surface area (Å²) in [5, 5.41) is 5.84. The number of hydrogen-bond acceptors (Lipinski definition) is 5. The average Bonchev–Trinajstić information content (AvgIpc) is 3.17. The van der Waals surface area contributed by atoms with Crippen molar-refractivity contribution >= 4 is 22.9 Å². The Hall–Kier alpha value is -2.86. The lowest BCUT2D eigenvalue weighted by Gasteiger charge is -2.16. The molecule has 0 fully saturated rings. The quantitative estimate of drug-likeness (QED) is 0.563. The average molecular weight is 411 g/mol. The first-order valence-electron chi connectivity index (χ1n) is 9.49. The normalized spacial score (nSPS) is 10.8. The molecule has 152 valence electrons. The van der Waals surface area contributed by atoms with Gasteiger partial charge in [0.2, 0.25) is 5.91 Å². The van der Waals surface area contributed by atoms with Gasteiger partial charge in [-0.05, 0) is 42.2 Å². The maximum atomic E-state index is 12.7. The van der Waals surface area contributed by atoms with Gasteiger partial charge in [-0.25, -0.2) is 4.98 Å². The number of ether oxygens (including phenoxy) is 2. The van der Waals surface area contributed by atoms with Gasteiger partial charge in [0.05, 0.1) is 26.3 Å². The standard InChI is InChI=1S/C23H26N2O3S/c1-14(2)18-8-6-7-15(3)22(18)25-21(26)12-17-13-29-23(24-17)16-9-10-19(27-4)20(11-16)28-5/h6-11,13-14H,12H2,1-5H3,(H,25,26). The summed E-state index contributed by atoms with van der Waals surface area (Å²) in [4.78, 5) is 17.3. The van der Waals surface area contributed by atoms with Crippen LogP contribution in [-0.2, 0) is 11.2 Å². The SMILES string of the molecule is COc1ccc(-c2nc(CC(=O)Nc3c(C)cccc3C(C)C)cs2)cc1OC. The fraction of sp³-hybridized carbons (Fsp3) is 0.304. The van der Waals surface area contributed by atoms with Crippen molar-refractivity contribution in [2.75, 3.05) is 19.5 Å². The third-order valence-electron chi connectivity index (χ3n) is 4.72. The first kappa shape index (κ1) is 20.9. The smallest absolute Gasteiger partial charge is 0.230 e. The highest BCUT2D eigenvalue weighted by Gasteiger charge is 2.15. The number of para-hydroxylation sites is 1. The Labute approximate surface area is 175 Å². The number of methoxy groups -OCH3 is 2. The maximum absolute atomic E-state index is 12.7. The molecule has 0 saturated heterocycles. The van der Waals surface area contributed by atoms with E-state index in [-0.39, 0.29) is 12.3 Å². The number of nitrogens with one attached hydrogen (secondary N) is 1. The molecular formula is C23H26N2O3S. The summed E-state index contributed by atoms with van der Waals surface area (Å²) < 4.78 is 10.6. The highest BCUT2D eigenvalue weighted by Crippen LogP contribution is 2.33. The van der Waals surface area contributed by atoms with Crippen LogP contribution in [0.3, 0.4) is 0 Å². The highest BCUT2D eigenvalue weighted by molar-refractivity contribution is 7.13. The van der Waals surface area contributed by atoms with E-state index >= 15 is 0 Å². The Bertz CT molecular complexity index is 1010. The number of nitrogens with zero attached hydrogens (tertiary/aromatic N) is 1. The zero-order valence-electron chi connectivity index (χ0n) is 17.4. The monoisotopic (exact) mass is 410 g/mol. The molecule has 5 nitrogen and oxygen atoms in total. The van der Waals surface area contributed by atoms with Crippen molar-refractivity contribution in [3.8, 4) is 22.1 Å². The van der Waals surface area contributed by atoms with Crippen LogP contribution in [0, 0.1) is 6.92 Å². The van der Waals surface area contributed by atoms with E-state index in [1.807, 2.05) is 42.6 Å². The van der Waals surface area contributed by atoms with Gasteiger partial charge in [0, 0.05) is 16.6 Å². The number of aryl methyl sites for hydroxylation is 1. The van der Waals surface area contributed by atoms with E-state index in [4.69, 9.17) is 9.47 Å². The second-order valence-electron chi connectivity index (χ2n) is 7.13. The van der Waals surface area contributed by atoms with Gasteiger partial charge in [-0.1, -0.05) is 32.0 Å². The van der Waals surface area contributed by atoms with E-state index in [2.05, 4.69) is 30.2 Å². The minimum atomic E-state index is -0.0645. The molecule has 1 aromatic heterocycles. The lowest BCUT2D eigenvalue weighted by molar-refractivity contribution is -0.115. The summed E-state index contributed by atoms with van der Waals surface area (Å²) in [7, 11) is 3.22. The van der Waals surface area contributed by atoms with Gasteiger partial charge in [0.15, 0.2) is 11.5 Å². The van der Waals surface area contributed by atoms with Crippen LogP contribution in [0.1, 0.15) is 36.6 Å². The molecule has 1 heterocycles. The molecule has 0 aliphatic heterocycles. The van der Waals surface area contributed by atoms with Crippen LogP contribution in [-0.4, -0.2) is 25.1 Å². The van der Waals surface area contributed by atoms with Crippen LogP contribution >= 0.6 is 11.3 Å². The van der Waals surface area contributed by atoms with E-state index < -0.39 is 0 Å². The number of rotatable bonds is 7. The number of aromatic nitrogens is 1. The van der Waals surface area contributed by atoms with Crippen LogP contribution in [0.25, 0.3) is 10.6 Å². The van der Waals surface area contributed by atoms with Crippen molar-refractivity contribution < 1.29 is 14.3 Å². The molecule has 0 aliphatic carbocycles. The second kappa shape index (κ2) is 9.09. The highest BCUT2D eigenvalue weighted by atomic mass is 32.1. The number of hydrogen-bond donors (Lipinski definition) is 1. The number of anilines is 1. The molecule has 0 radical (unpaired) electrons. The molecule has 2 aromatic carbocycles. The zero-order chi connectivity index (χ0) is 21.0. The minimum Gasteiger partial charge on any atom is -0.493 e. The summed E-state index contributed by atoms with van der Waals surface area (Å²) in [6, 6.07) is 11.8. The van der Waals surface area contributed by atoms with Crippen molar-refractivity contribution in [2.45, 2.75) is 33.1 Å². The second-order valence-corrected chi connectivity index (χ2v) is 7.99. The molecule has 6 heteroatoms. The molecule has 0 spiro atoms. The number of thiazole rings is 1. The van der Waals surface area contributed by atoms with Gasteiger partial charge in [-0.3, -0.25) is 4.79 Å². The van der Waals surface area contributed by atoms with Gasteiger partial charge >= 0.3 is 0 Å². The third kappa shape index (κ3) is 4.77. The van der Waals surface area contributed by atoms with Gasteiger partial charge < -0.3 is 14.8 Å². The van der Waals surface area contributed by atoms with Gasteiger partial charge in [0.25, 0.3) is 0 Å². The van der Waals surface area contributed by atoms with Crippen LogP contribution < -0.4 is 14.8 Å². The van der Waals surface area contributed by atoms with Crippen LogP contribution in [0.2, 0.25) is 0 Å². The Morgan fingerprint density at radius 2 is 1.90 bits per heavy atom. The van der Waals surface area contributed by atoms with E-state index in [0.717, 1.165) is 33.1 Å². The predicted molar refractivity (Wildman–Crippen MR) is 118 cm³/mol. The van der Waals surface area contributed by atoms with Crippen molar-refractivity contribution in [2.24, 2.45) is 0 Å². The molecule has 29 heavy (non-hydrogen) atoms. The lowest BCUT2D eigenvalue weighted by Crippen LogP contribution is -2.17. The molecule has 0 atom stereocenters. The maximum Gasteiger partial charge on any atom is 0.230 e. The zero-order valence-corrected chi connectivity index (χ0v) is 18.2. The number of benzene rings is 2. The number of carbonyl (C=O) groups excluding carboxylic acids is 1. The first-order valence-corrected chi connectivity index (χ1v) is 10.4. The van der Waals surface area contributed by atoms with E-state index in [1.165, 1.54) is 11.3 Å². The Kier molecular flexibility index (Phi) is 6.54. The lowest BCUT2D eigenvalue weighted by atomic mass is 9.98. The van der Waals surface area contributed by atoms with E-state index in [1.54, 1.807) is 14.2 Å². The Morgan fingerprint density at radius 1 is 1.14 bits per heavy atom. The van der Waals surface area contributed by atoms with Crippen LogP contribution in [0.5, 0.6) is 11.5 Å². The molecule has 3 rings (SSSR count). The summed E-state index contributed by atoms with van der Waals surface area (Å²) in [6.45, 7) is 6.26. The first-order chi connectivity index (χ1) is 13.9. The summed E-state index contributed by atoms with van der Waals surface area (Å²) in [6.07, 6.45) is 0.232. The summed E-state index contributed by atoms with van der Waals surface area (Å²) >= 11 is 1.51. The molecular weight excluding hydrogens is 384 g/mol. The minimum absolute atomic E-state index is 0.0645. The van der Waals surface area contributed by atoms with Crippen molar-refractivity contribution in [3.63, 3.8) is 0 Å². The van der Waals surface area contributed by atoms with Crippen molar-refractivity contribution in [3.05, 3.63) is 58.6 Å². The van der Waals surface area contributed by atoms with Crippen molar-refractivity contribution in [1.82, 2.24) is 4.98 Å². The summed E-state index contributed by atoms with van der Waals surface area (Å²) in [5.74, 6) is 1.60. The predicted octanol–water partition coefficient (Wildman–Crippen LogP) is 5.44. The van der Waals surface area contributed by atoms with Crippen LogP contribution in [0.15, 0.2) is 41.8 Å². The third-order valence-corrected chi connectivity index (χ3v) is 5.66. The molecule has 1 N–H and O–H groups in total. The summed E-state index contributed by atoms with van der Waals surface area (Å²) in [5.41, 5.74) is 4.79. The molecule has 3 aromatic rings. The molecule has 0 saturated carbocycles. The van der Waals surface area contributed by atoms with E-state index in [9.17, 15) is 4.79 Å². The van der Waals surface area contributed by atoms with E-state index in [0.29, 0.717) is 17.4 Å². The number of carbonyl (C=O) groups is 1. The van der Waals surface area contributed by atoms with Gasteiger partial charge in [-0.15, -0.1) is 11.3 Å².